The molecule has 3 aromatic rings. The highest BCUT2D eigenvalue weighted by molar-refractivity contribution is 8.32. The quantitative estimate of drug-likeness (QED) is 0.321. The highest BCUT2D eigenvalue weighted by Gasteiger charge is 2.46. The number of carbonyl (C=O) groups is 2. The van der Waals surface area contributed by atoms with Crippen LogP contribution in [0.3, 0.4) is 0 Å². The molecule has 0 unspecified atom stereocenters. The Bertz CT molecular complexity index is 1430. The topological polar surface area (TPSA) is 111 Å². The Morgan fingerprint density at radius 1 is 1.10 bits per heavy atom. The number of ketones is 1. The Balaban J connectivity index is 1.64. The van der Waals surface area contributed by atoms with Crippen molar-refractivity contribution in [3.05, 3.63) is 63.9 Å². The first-order valence-corrected chi connectivity index (χ1v) is 15.4. The van der Waals surface area contributed by atoms with Crippen molar-refractivity contribution in [2.24, 2.45) is 17.8 Å². The van der Waals surface area contributed by atoms with Crippen LogP contribution in [-0.4, -0.2) is 63.0 Å². The number of carbonyl (C=O) groups excluding carboxylic acids is 2. The molecule has 12 heteroatoms. The Morgan fingerprint density at radius 2 is 1.79 bits per heavy atom. The summed E-state index contributed by atoms with van der Waals surface area (Å²) in [5, 5.41) is 17.2. The van der Waals surface area contributed by atoms with Crippen molar-refractivity contribution in [1.29, 1.82) is 0 Å². The van der Waals surface area contributed by atoms with Gasteiger partial charge in [0.2, 0.25) is 0 Å². The van der Waals surface area contributed by atoms with Crippen molar-refractivity contribution in [3.8, 4) is 5.75 Å². The Morgan fingerprint density at radius 3 is 2.44 bits per heavy atom. The number of aromatic nitrogens is 3. The van der Waals surface area contributed by atoms with Crippen molar-refractivity contribution in [2.45, 2.75) is 25.6 Å². The number of Topliss-reactive ketones (excluding diaryl/α,β-unsaturated/α-hetero) is 1. The molecule has 0 aliphatic heterocycles. The zero-order chi connectivity index (χ0) is 28.5. The third kappa shape index (κ3) is 6.60. The van der Waals surface area contributed by atoms with Crippen LogP contribution in [0.4, 0.5) is 13.2 Å². The predicted octanol–water partition coefficient (Wildman–Crippen LogP) is 4.28. The lowest BCUT2D eigenvalue weighted by atomic mass is 9.84. The summed E-state index contributed by atoms with van der Waals surface area (Å²) < 4.78 is 46.3. The summed E-state index contributed by atoms with van der Waals surface area (Å²) in [5.74, 6) is -2.29. The SMILES string of the molecule is CS(C)(C)CCOC(=O)[C@H]1[C@H](Cn2nnc3ccc(C(F)(F)F)cc3c2=O)CC[C@@H]1C(=O)c1ccc(O)cc1. The fourth-order valence-corrected chi connectivity index (χ4v) is 5.44. The molecule has 0 saturated heterocycles. The summed E-state index contributed by atoms with van der Waals surface area (Å²) in [6, 6.07) is 8.41. The molecule has 0 amide bonds. The van der Waals surface area contributed by atoms with Gasteiger partial charge in [-0.15, -0.1) is 5.10 Å². The molecule has 0 spiro atoms. The average Bonchev–Trinajstić information content (AvgIpc) is 3.28. The second-order valence-electron chi connectivity index (χ2n) is 10.6. The van der Waals surface area contributed by atoms with Gasteiger partial charge in [-0.2, -0.15) is 13.2 Å². The number of fused-ring (bicyclic) bond motifs is 1. The van der Waals surface area contributed by atoms with Gasteiger partial charge in [0.15, 0.2) is 5.78 Å². The molecule has 39 heavy (non-hydrogen) atoms. The monoisotopic (exact) mass is 565 g/mol. The summed E-state index contributed by atoms with van der Waals surface area (Å²) in [5.41, 5.74) is -1.38. The number of alkyl halides is 3. The predicted molar refractivity (Wildman–Crippen MR) is 142 cm³/mol. The van der Waals surface area contributed by atoms with E-state index in [9.17, 15) is 32.7 Å². The smallest absolute Gasteiger partial charge is 0.416 e. The first-order chi connectivity index (χ1) is 18.2. The van der Waals surface area contributed by atoms with E-state index in [2.05, 4.69) is 29.1 Å². The lowest BCUT2D eigenvalue weighted by molar-refractivity contribution is -0.150. The van der Waals surface area contributed by atoms with Crippen LogP contribution in [-0.2, 0) is 22.3 Å². The molecule has 2 aromatic carbocycles. The molecule has 3 atom stereocenters. The molecule has 1 aromatic heterocycles. The second kappa shape index (κ2) is 11.0. The first-order valence-electron chi connectivity index (χ1n) is 12.4. The zero-order valence-corrected chi connectivity index (χ0v) is 22.6. The Labute approximate surface area is 224 Å². The molecule has 1 N–H and O–H groups in total. The molecule has 8 nitrogen and oxygen atoms in total. The van der Waals surface area contributed by atoms with Crippen molar-refractivity contribution in [2.75, 3.05) is 31.1 Å². The molecule has 1 heterocycles. The number of ether oxygens (including phenoxy) is 1. The molecule has 0 radical (unpaired) electrons. The van der Waals surface area contributed by atoms with Gasteiger partial charge in [0.1, 0.15) is 11.3 Å². The van der Waals surface area contributed by atoms with Crippen LogP contribution in [0.5, 0.6) is 5.75 Å². The molecular weight excluding hydrogens is 535 g/mol. The summed E-state index contributed by atoms with van der Waals surface area (Å²) >= 11 is 0. The van der Waals surface area contributed by atoms with Crippen molar-refractivity contribution in [3.63, 3.8) is 0 Å². The van der Waals surface area contributed by atoms with E-state index in [4.69, 9.17) is 4.74 Å². The number of rotatable bonds is 8. The van der Waals surface area contributed by atoms with Crippen molar-refractivity contribution in [1.82, 2.24) is 15.0 Å². The Kier molecular flexibility index (Phi) is 8.06. The van der Waals surface area contributed by atoms with Gasteiger partial charge in [0.05, 0.1) is 30.0 Å². The maximum Gasteiger partial charge on any atom is 0.416 e. The molecule has 1 aliphatic carbocycles. The third-order valence-electron chi connectivity index (χ3n) is 6.95. The van der Waals surface area contributed by atoms with Gasteiger partial charge in [-0.05, 0) is 80.0 Å². The normalized spacial score (nSPS) is 20.2. The van der Waals surface area contributed by atoms with Crippen LogP contribution in [0.15, 0.2) is 47.3 Å². The largest absolute Gasteiger partial charge is 0.508 e. The van der Waals surface area contributed by atoms with E-state index >= 15 is 0 Å². The Hall–Kier alpha value is -3.41. The van der Waals surface area contributed by atoms with Gasteiger partial charge in [0.25, 0.3) is 5.56 Å². The van der Waals surface area contributed by atoms with Crippen LogP contribution in [0, 0.1) is 17.8 Å². The van der Waals surface area contributed by atoms with Crippen LogP contribution in [0.1, 0.15) is 28.8 Å². The minimum atomic E-state index is -4.63. The maximum atomic E-state index is 13.4. The minimum absolute atomic E-state index is 0.000535. The molecule has 210 valence electrons. The maximum absolute atomic E-state index is 13.4. The number of aromatic hydroxyl groups is 1. The molecular formula is C27H30F3N3O5S. The second-order valence-corrected chi connectivity index (χ2v) is 15.2. The van der Waals surface area contributed by atoms with Gasteiger partial charge in [-0.1, -0.05) is 5.21 Å². The summed E-state index contributed by atoms with van der Waals surface area (Å²) in [6.45, 7) is 0.0820. The lowest BCUT2D eigenvalue weighted by Gasteiger charge is -2.26. The highest BCUT2D eigenvalue weighted by Crippen LogP contribution is 2.41. The fourth-order valence-electron chi connectivity index (χ4n) is 4.86. The molecule has 1 fully saturated rings. The van der Waals surface area contributed by atoms with Gasteiger partial charge >= 0.3 is 12.1 Å². The van der Waals surface area contributed by atoms with Gasteiger partial charge < -0.3 is 9.84 Å². The van der Waals surface area contributed by atoms with E-state index in [0.29, 0.717) is 24.2 Å². The van der Waals surface area contributed by atoms with Crippen LogP contribution >= 0.6 is 10.0 Å². The fraction of sp³-hybridized carbons (Fsp3) is 0.444. The van der Waals surface area contributed by atoms with E-state index in [-0.39, 0.29) is 35.6 Å². The van der Waals surface area contributed by atoms with Gasteiger partial charge in [-0.3, -0.25) is 14.4 Å². The zero-order valence-electron chi connectivity index (χ0n) is 21.8. The van der Waals surface area contributed by atoms with Crippen LogP contribution in [0.25, 0.3) is 10.9 Å². The number of phenols is 1. The van der Waals surface area contributed by atoms with Crippen LogP contribution in [0.2, 0.25) is 0 Å². The number of hydrogen-bond donors (Lipinski definition) is 1. The summed E-state index contributed by atoms with van der Waals surface area (Å²) in [4.78, 5) is 39.8. The first kappa shape index (κ1) is 28.6. The number of phenolic OH excluding ortho intramolecular Hbond substituents is 1. The van der Waals surface area contributed by atoms with E-state index in [1.54, 1.807) is 0 Å². The van der Waals surface area contributed by atoms with Crippen LogP contribution < -0.4 is 5.56 Å². The molecule has 0 bridgehead atoms. The standard InChI is InChI=1S/C27H30F3N3O5S/c1-39(2,3)13-12-38-26(37)23-17(6-10-20(23)24(35)16-4-8-19(34)9-5-16)15-33-25(36)21-14-18(27(28,29)30)7-11-22(21)31-32-33/h4-5,7-9,11,14,17,20,23,34H,6,10,12-13,15H2,1-3H3/t17-,20-,23-/m0/s1. The number of esters is 1. The average molecular weight is 566 g/mol. The molecule has 4 rings (SSSR count). The minimum Gasteiger partial charge on any atom is -0.508 e. The van der Waals surface area contributed by atoms with Gasteiger partial charge in [-0.25, -0.2) is 14.7 Å². The highest BCUT2D eigenvalue weighted by atomic mass is 32.3. The van der Waals surface area contributed by atoms with Crippen molar-refractivity contribution < 1.29 is 32.6 Å². The third-order valence-corrected chi connectivity index (χ3v) is 8.34. The molecule has 1 saturated carbocycles. The summed E-state index contributed by atoms with van der Waals surface area (Å²) in [7, 11) is -0.934. The number of nitrogens with zero attached hydrogens (tertiary/aromatic N) is 3. The van der Waals surface area contributed by atoms with E-state index in [1.807, 2.05) is 0 Å². The van der Waals surface area contributed by atoms with Crippen molar-refractivity contribution >= 4 is 32.7 Å². The van der Waals surface area contributed by atoms with E-state index < -0.39 is 51.1 Å². The summed E-state index contributed by atoms with van der Waals surface area (Å²) in [6.07, 6.45) is 2.38. The number of hydrogen-bond acceptors (Lipinski definition) is 7. The molecule has 1 aliphatic rings. The van der Waals surface area contributed by atoms with E-state index in [1.165, 1.54) is 24.3 Å². The van der Waals surface area contributed by atoms with E-state index in [0.717, 1.165) is 22.9 Å². The number of halogens is 3. The van der Waals surface area contributed by atoms with Gasteiger partial charge in [0, 0.05) is 17.2 Å². The lowest BCUT2D eigenvalue weighted by Crippen LogP contribution is -2.36. The number of benzene rings is 2.